The van der Waals surface area contributed by atoms with Crippen molar-refractivity contribution in [2.75, 3.05) is 20.3 Å². The van der Waals surface area contributed by atoms with Crippen LogP contribution in [0, 0.1) is 5.92 Å². The van der Waals surface area contributed by atoms with E-state index in [4.69, 9.17) is 47.4 Å². The number of fused-ring (bicyclic) bond motifs is 1. The summed E-state index contributed by atoms with van der Waals surface area (Å²) in [5.41, 5.74) is 4.88. The van der Waals surface area contributed by atoms with Gasteiger partial charge >= 0.3 is 5.97 Å². The van der Waals surface area contributed by atoms with Gasteiger partial charge in [0.05, 0.1) is 51.8 Å². The Labute approximate surface area is 364 Å². The molecule has 1 saturated carbocycles. The Morgan fingerprint density at radius 2 is 1.16 bits per heavy atom. The van der Waals surface area contributed by atoms with Gasteiger partial charge in [-0.25, -0.2) is 0 Å². The van der Waals surface area contributed by atoms with Crippen LogP contribution in [0.1, 0.15) is 47.5 Å². The van der Waals surface area contributed by atoms with Gasteiger partial charge in [-0.3, -0.25) is 4.79 Å². The third kappa shape index (κ3) is 11.4. The maximum absolute atomic E-state index is 13.1. The zero-order chi connectivity index (χ0) is 42.5. The molecule has 0 unspecified atom stereocenters. The lowest BCUT2D eigenvalue weighted by atomic mass is 9.96. The van der Waals surface area contributed by atoms with Crippen LogP contribution in [0.3, 0.4) is 0 Å². The number of rotatable bonds is 19. The topological polar surface area (TPSA) is 109 Å². The molecule has 1 aliphatic carbocycles. The largest absolute Gasteiger partial charge is 0.457 e. The number of benzene rings is 5. The lowest BCUT2D eigenvalue weighted by Gasteiger charge is -2.49. The molecular weight excluding hydrogens is 789 g/mol. The van der Waals surface area contributed by atoms with Crippen LogP contribution in [0.15, 0.2) is 152 Å². The lowest BCUT2D eigenvalue weighted by molar-refractivity contribution is -0.373. The number of ether oxygens (including phenoxy) is 10. The predicted molar refractivity (Wildman–Crippen MR) is 229 cm³/mol. The van der Waals surface area contributed by atoms with Crippen molar-refractivity contribution in [2.45, 2.75) is 101 Å². The molecule has 8 rings (SSSR count). The summed E-state index contributed by atoms with van der Waals surface area (Å²) in [6.07, 6.45) is -6.46. The van der Waals surface area contributed by atoms with Gasteiger partial charge in [0.2, 0.25) is 0 Å². The van der Waals surface area contributed by atoms with Crippen LogP contribution in [0.4, 0.5) is 0 Å². The van der Waals surface area contributed by atoms with Gasteiger partial charge in [-0.05, 0) is 28.7 Å². The Bertz CT molecular complexity index is 2050. The molecule has 3 fully saturated rings. The second-order valence-electron chi connectivity index (χ2n) is 15.9. The predicted octanol–water partition coefficient (Wildman–Crippen LogP) is 8.15. The summed E-state index contributed by atoms with van der Waals surface area (Å²) in [7, 11) is 1.59. The Morgan fingerprint density at radius 1 is 0.629 bits per heavy atom. The molecule has 11 heteroatoms. The normalized spacial score (nSPS) is 27.6. The maximum Gasteiger partial charge on any atom is 0.303 e. The first-order valence-electron chi connectivity index (χ1n) is 21.4. The fourth-order valence-corrected chi connectivity index (χ4v) is 8.56. The van der Waals surface area contributed by atoms with E-state index in [0.717, 1.165) is 27.8 Å². The third-order valence-electron chi connectivity index (χ3n) is 11.6. The first-order valence-corrected chi connectivity index (χ1v) is 21.4. The van der Waals surface area contributed by atoms with Crippen molar-refractivity contribution in [3.05, 3.63) is 179 Å². The first-order chi connectivity index (χ1) is 30.5. The number of carbonyl (C=O) groups excluding carboxylic acids is 1. The summed E-state index contributed by atoms with van der Waals surface area (Å²) in [4.78, 5) is 13.1. The van der Waals surface area contributed by atoms with Crippen molar-refractivity contribution in [1.82, 2.24) is 0 Å². The summed E-state index contributed by atoms with van der Waals surface area (Å²) < 4.78 is 65.9. The molecular formula is C51H56O11. The van der Waals surface area contributed by atoms with Crippen LogP contribution in [0.2, 0.25) is 0 Å². The van der Waals surface area contributed by atoms with E-state index in [1.54, 1.807) is 7.11 Å². The summed E-state index contributed by atoms with van der Waals surface area (Å²) in [6.45, 7) is 3.18. The molecule has 0 amide bonds. The smallest absolute Gasteiger partial charge is 0.303 e. The molecule has 0 bridgehead atoms. The molecule has 11 atom stereocenters. The van der Waals surface area contributed by atoms with Crippen LogP contribution in [0.5, 0.6) is 0 Å². The molecule has 0 N–H and O–H groups in total. The van der Waals surface area contributed by atoms with Crippen LogP contribution in [0.25, 0.3) is 0 Å². The van der Waals surface area contributed by atoms with Gasteiger partial charge in [-0.2, -0.15) is 0 Å². The maximum atomic E-state index is 13.1. The molecule has 11 nitrogen and oxygen atoms in total. The van der Waals surface area contributed by atoms with E-state index < -0.39 is 67.4 Å². The molecule has 326 valence electrons. The molecule has 0 aromatic heterocycles. The van der Waals surface area contributed by atoms with Crippen molar-refractivity contribution < 1.29 is 52.2 Å². The van der Waals surface area contributed by atoms with Gasteiger partial charge in [0.25, 0.3) is 0 Å². The highest BCUT2D eigenvalue weighted by atomic mass is 16.8. The summed E-state index contributed by atoms with van der Waals surface area (Å²) >= 11 is 0. The van der Waals surface area contributed by atoms with E-state index in [1.165, 1.54) is 6.92 Å². The zero-order valence-corrected chi connectivity index (χ0v) is 35.2. The fourth-order valence-electron chi connectivity index (χ4n) is 8.56. The van der Waals surface area contributed by atoms with Gasteiger partial charge in [-0.15, -0.1) is 0 Å². The average molecular weight is 845 g/mol. The van der Waals surface area contributed by atoms with Gasteiger partial charge in [0.1, 0.15) is 30.5 Å². The Hall–Kier alpha value is -4.79. The lowest BCUT2D eigenvalue weighted by Crippen LogP contribution is -2.64. The first kappa shape index (κ1) is 43.8. The number of hydrogen-bond acceptors (Lipinski definition) is 11. The number of hydrogen-bond donors (Lipinski definition) is 0. The molecule has 3 aliphatic rings. The highest BCUT2D eigenvalue weighted by Crippen LogP contribution is 2.42. The van der Waals surface area contributed by atoms with Crippen molar-refractivity contribution >= 4 is 5.97 Å². The van der Waals surface area contributed by atoms with Crippen LogP contribution in [-0.2, 0) is 78.6 Å². The van der Waals surface area contributed by atoms with Gasteiger partial charge in [0, 0.05) is 25.5 Å². The van der Waals surface area contributed by atoms with Crippen LogP contribution in [-0.4, -0.2) is 81.4 Å². The number of esters is 1. The Balaban J connectivity index is 1.13. The van der Waals surface area contributed by atoms with E-state index in [2.05, 4.69) is 0 Å². The molecule has 0 spiro atoms. The minimum absolute atomic E-state index is 0.229. The highest BCUT2D eigenvalue weighted by Gasteiger charge is 2.56. The summed E-state index contributed by atoms with van der Waals surface area (Å²) in [5, 5.41) is 0. The quantitative estimate of drug-likeness (QED) is 0.0752. The Kier molecular flexibility index (Phi) is 15.6. The fraction of sp³-hybridized carbons (Fsp3) is 0.392. The highest BCUT2D eigenvalue weighted by molar-refractivity contribution is 5.66. The van der Waals surface area contributed by atoms with E-state index in [1.807, 2.05) is 152 Å². The standard InChI is InChI=1S/C51H56O11/c1-35(52)59-46-42(60-48-47-44(34-58-50(62-47)40-26-16-7-17-27-40)61-51(53-2)49(48)57-32-39-24-14-6-15-25-39)28-41(45(46)56-31-38-22-12-5-13-23-38)43(55-30-37-20-10-4-11-21-37)33-54-29-36-18-8-3-9-19-36/h3-27,41-51H,28-34H2,1-2H3/t41-,42+,43+,44+,45-,46-,47+,48-,49-,50+,51-/m0/s1. The molecule has 0 radical (unpaired) electrons. The van der Waals surface area contributed by atoms with E-state index in [0.29, 0.717) is 19.6 Å². The Morgan fingerprint density at radius 3 is 1.73 bits per heavy atom. The number of methoxy groups -OCH3 is 1. The van der Waals surface area contributed by atoms with E-state index in [-0.39, 0.29) is 32.3 Å². The molecule has 5 aromatic rings. The van der Waals surface area contributed by atoms with Crippen LogP contribution < -0.4 is 0 Å². The van der Waals surface area contributed by atoms with Gasteiger partial charge in [-0.1, -0.05) is 152 Å². The minimum atomic E-state index is -0.833. The second-order valence-corrected chi connectivity index (χ2v) is 15.9. The zero-order valence-electron chi connectivity index (χ0n) is 35.2. The van der Waals surface area contributed by atoms with E-state index >= 15 is 0 Å². The summed E-state index contributed by atoms with van der Waals surface area (Å²) in [6, 6.07) is 49.7. The van der Waals surface area contributed by atoms with Crippen molar-refractivity contribution in [2.24, 2.45) is 5.92 Å². The van der Waals surface area contributed by atoms with Crippen molar-refractivity contribution in [3.63, 3.8) is 0 Å². The second kappa shape index (κ2) is 22.0. The molecule has 2 heterocycles. The monoisotopic (exact) mass is 844 g/mol. The van der Waals surface area contributed by atoms with Crippen molar-refractivity contribution in [3.8, 4) is 0 Å². The van der Waals surface area contributed by atoms with Crippen LogP contribution >= 0.6 is 0 Å². The van der Waals surface area contributed by atoms with Gasteiger partial charge < -0.3 is 47.4 Å². The SMILES string of the molecule is CO[C@H]1O[C@@H]2CO[C@@H](c3ccccc3)O[C@H]2[C@H](O[C@@H]2C[C@@H]([C@@H](COCc3ccccc3)OCc3ccccc3)[C@H](OCc3ccccc3)[C@H]2OC(C)=O)[C@@H]1OCc1ccccc1. The molecule has 62 heavy (non-hydrogen) atoms. The molecule has 2 saturated heterocycles. The molecule has 5 aromatic carbocycles. The minimum Gasteiger partial charge on any atom is -0.457 e. The average Bonchev–Trinajstić information content (AvgIpc) is 3.65. The molecule has 2 aliphatic heterocycles. The van der Waals surface area contributed by atoms with E-state index in [9.17, 15) is 4.79 Å². The number of carbonyl (C=O) groups is 1. The van der Waals surface area contributed by atoms with Crippen molar-refractivity contribution in [1.29, 1.82) is 0 Å². The third-order valence-corrected chi connectivity index (χ3v) is 11.6. The summed E-state index contributed by atoms with van der Waals surface area (Å²) in [5.74, 6) is -0.791. The van der Waals surface area contributed by atoms with Gasteiger partial charge in [0.15, 0.2) is 18.7 Å².